The Balaban J connectivity index is 1.81. The Kier molecular flexibility index (Phi) is 3.72. The number of aromatic nitrogens is 2. The second-order valence-corrected chi connectivity index (χ2v) is 7.46. The molecule has 6 heteroatoms. The van der Waals surface area contributed by atoms with Crippen molar-refractivity contribution < 1.29 is 8.78 Å². The van der Waals surface area contributed by atoms with Crippen molar-refractivity contribution in [1.82, 2.24) is 9.97 Å². The van der Waals surface area contributed by atoms with Crippen LogP contribution in [-0.2, 0) is 0 Å². The van der Waals surface area contributed by atoms with Gasteiger partial charge in [-0.15, -0.1) is 11.3 Å². The van der Waals surface area contributed by atoms with E-state index >= 15 is 0 Å². The highest BCUT2D eigenvalue weighted by molar-refractivity contribution is 7.15. The molecular weight excluding hydrogens is 328 g/mol. The van der Waals surface area contributed by atoms with Gasteiger partial charge in [0.25, 0.3) is 5.92 Å². The lowest BCUT2D eigenvalue weighted by atomic mass is 10.1. The van der Waals surface area contributed by atoms with Crippen molar-refractivity contribution in [3.63, 3.8) is 0 Å². The number of nitrogens with one attached hydrogen (secondary N) is 1. The van der Waals surface area contributed by atoms with Crippen LogP contribution in [0.25, 0.3) is 21.6 Å². The van der Waals surface area contributed by atoms with Crippen LogP contribution in [-0.4, -0.2) is 21.9 Å². The highest BCUT2D eigenvalue weighted by atomic mass is 32.1. The summed E-state index contributed by atoms with van der Waals surface area (Å²) in [6, 6.07) is 10.6. The molecule has 3 aromatic rings. The third kappa shape index (κ3) is 2.75. The second kappa shape index (κ2) is 5.77. The minimum Gasteiger partial charge on any atom is -0.361 e. The molecule has 24 heavy (non-hydrogen) atoms. The van der Waals surface area contributed by atoms with Crippen LogP contribution in [0, 0.1) is 6.92 Å². The van der Waals surface area contributed by atoms with Gasteiger partial charge in [0.05, 0.1) is 16.4 Å². The Morgan fingerprint density at radius 1 is 1.17 bits per heavy atom. The molecular formula is C18H17F2N3S. The first kappa shape index (κ1) is 15.4. The van der Waals surface area contributed by atoms with E-state index in [1.807, 2.05) is 43.3 Å². The second-order valence-electron chi connectivity index (χ2n) is 6.17. The van der Waals surface area contributed by atoms with Crippen LogP contribution < -0.4 is 5.32 Å². The average Bonchev–Trinajstić information content (AvgIpc) is 3.13. The lowest BCUT2D eigenvalue weighted by Crippen LogP contribution is -2.34. The lowest BCUT2D eigenvalue weighted by molar-refractivity contribution is -0.000648. The van der Waals surface area contributed by atoms with Crippen LogP contribution in [0.3, 0.4) is 0 Å². The molecule has 124 valence electrons. The number of nitrogens with zero attached hydrogens (tertiary/aromatic N) is 2. The maximum atomic E-state index is 14.0. The number of hydrogen-bond donors (Lipinski definition) is 1. The molecule has 3 nitrogen and oxygen atoms in total. The lowest BCUT2D eigenvalue weighted by Gasteiger charge is -2.21. The van der Waals surface area contributed by atoms with Gasteiger partial charge >= 0.3 is 0 Å². The van der Waals surface area contributed by atoms with E-state index in [1.165, 1.54) is 4.88 Å². The Labute approximate surface area is 142 Å². The first-order chi connectivity index (χ1) is 11.5. The van der Waals surface area contributed by atoms with Crippen molar-refractivity contribution >= 4 is 28.1 Å². The molecule has 0 amide bonds. The van der Waals surface area contributed by atoms with Crippen molar-refractivity contribution in [1.29, 1.82) is 0 Å². The quantitative estimate of drug-likeness (QED) is 0.703. The third-order valence-electron chi connectivity index (χ3n) is 4.39. The third-order valence-corrected chi connectivity index (χ3v) is 5.38. The number of benzene rings is 1. The van der Waals surface area contributed by atoms with E-state index in [1.54, 1.807) is 11.3 Å². The van der Waals surface area contributed by atoms with E-state index in [9.17, 15) is 8.78 Å². The number of halogens is 2. The number of thiophene rings is 1. The molecule has 1 fully saturated rings. The molecule has 1 N–H and O–H groups in total. The maximum absolute atomic E-state index is 14.0. The Bertz CT molecular complexity index is 891. The summed E-state index contributed by atoms with van der Waals surface area (Å²) >= 11 is 1.60. The van der Waals surface area contributed by atoms with E-state index in [0.717, 1.165) is 15.8 Å². The largest absolute Gasteiger partial charge is 0.361 e. The predicted octanol–water partition coefficient (Wildman–Crippen LogP) is 5.27. The van der Waals surface area contributed by atoms with Crippen LogP contribution in [0.1, 0.15) is 24.1 Å². The summed E-state index contributed by atoms with van der Waals surface area (Å²) in [5, 5.41) is 3.77. The zero-order valence-electron chi connectivity index (χ0n) is 13.2. The molecule has 0 saturated heterocycles. The monoisotopic (exact) mass is 345 g/mol. The van der Waals surface area contributed by atoms with E-state index in [0.29, 0.717) is 24.5 Å². The normalized spacial score (nSPS) is 19.7. The zero-order valence-corrected chi connectivity index (χ0v) is 14.0. The number of hydrogen-bond acceptors (Lipinski definition) is 4. The van der Waals surface area contributed by atoms with Crippen LogP contribution in [0.15, 0.2) is 36.4 Å². The molecule has 1 aliphatic carbocycles. The number of para-hydroxylation sites is 1. The zero-order chi connectivity index (χ0) is 16.7. The van der Waals surface area contributed by atoms with Crippen molar-refractivity contribution in [2.45, 2.75) is 38.2 Å². The van der Waals surface area contributed by atoms with Crippen molar-refractivity contribution in [2.75, 3.05) is 5.32 Å². The van der Waals surface area contributed by atoms with Gasteiger partial charge in [-0.25, -0.2) is 18.7 Å². The molecule has 0 radical (unpaired) electrons. The molecule has 0 spiro atoms. The van der Waals surface area contributed by atoms with E-state index < -0.39 is 12.0 Å². The molecule has 1 aromatic carbocycles. The summed E-state index contributed by atoms with van der Waals surface area (Å²) in [5.41, 5.74) is 0.761. The van der Waals surface area contributed by atoms with Gasteiger partial charge in [-0.3, -0.25) is 0 Å². The Hall–Kier alpha value is -2.08. The standard InChI is InChI=1S/C18H17F2N3S/c1-11-8-9-14(24-11)17-21-13-6-3-2-5-12(13)16(23-17)22-15-7-4-10-18(15,19)20/h2-3,5-6,8-9,15H,4,7,10H2,1H3,(H,21,22,23). The van der Waals surface area contributed by atoms with Gasteiger partial charge in [0, 0.05) is 16.7 Å². The van der Waals surface area contributed by atoms with Gasteiger partial charge in [-0.05, 0) is 44.0 Å². The van der Waals surface area contributed by atoms with Crippen LogP contribution >= 0.6 is 11.3 Å². The molecule has 2 aromatic heterocycles. The highest BCUT2D eigenvalue weighted by Gasteiger charge is 2.44. The summed E-state index contributed by atoms with van der Waals surface area (Å²) in [5.74, 6) is -1.62. The molecule has 0 aliphatic heterocycles. The number of anilines is 1. The SMILES string of the molecule is Cc1ccc(-c2nc(NC3CCCC3(F)F)c3ccccc3n2)s1. The van der Waals surface area contributed by atoms with Gasteiger partial charge in [-0.1, -0.05) is 12.1 Å². The van der Waals surface area contributed by atoms with Crippen LogP contribution in [0.5, 0.6) is 0 Å². The van der Waals surface area contributed by atoms with Gasteiger partial charge in [0.2, 0.25) is 0 Å². The van der Waals surface area contributed by atoms with Crippen LogP contribution in [0.2, 0.25) is 0 Å². The molecule has 1 saturated carbocycles. The van der Waals surface area contributed by atoms with Gasteiger partial charge < -0.3 is 5.32 Å². The molecule has 1 atom stereocenters. The fourth-order valence-corrected chi connectivity index (χ4v) is 3.92. The average molecular weight is 345 g/mol. The fourth-order valence-electron chi connectivity index (χ4n) is 3.12. The van der Waals surface area contributed by atoms with Crippen LogP contribution in [0.4, 0.5) is 14.6 Å². The number of fused-ring (bicyclic) bond motifs is 1. The van der Waals surface area contributed by atoms with E-state index in [2.05, 4.69) is 15.3 Å². The Morgan fingerprint density at radius 2 is 2.00 bits per heavy atom. The number of aryl methyl sites for hydroxylation is 1. The minimum absolute atomic E-state index is 0.0648. The van der Waals surface area contributed by atoms with Gasteiger partial charge in [-0.2, -0.15) is 0 Å². The van der Waals surface area contributed by atoms with Crippen molar-refractivity contribution in [2.24, 2.45) is 0 Å². The van der Waals surface area contributed by atoms with E-state index in [4.69, 9.17) is 0 Å². The number of rotatable bonds is 3. The molecule has 2 heterocycles. The van der Waals surface area contributed by atoms with Crippen molar-refractivity contribution in [3.05, 3.63) is 41.3 Å². The Morgan fingerprint density at radius 3 is 2.71 bits per heavy atom. The molecule has 1 unspecified atom stereocenters. The summed E-state index contributed by atoms with van der Waals surface area (Å²) < 4.78 is 28.0. The predicted molar refractivity (Wildman–Crippen MR) is 93.8 cm³/mol. The first-order valence-corrected chi connectivity index (χ1v) is 8.82. The molecule has 4 rings (SSSR count). The summed E-state index contributed by atoms with van der Waals surface area (Å²) in [4.78, 5) is 11.3. The maximum Gasteiger partial charge on any atom is 0.267 e. The first-order valence-electron chi connectivity index (χ1n) is 8.01. The molecule has 0 bridgehead atoms. The summed E-state index contributed by atoms with van der Waals surface area (Å²) in [6.45, 7) is 2.02. The highest BCUT2D eigenvalue weighted by Crippen LogP contribution is 2.38. The fraction of sp³-hybridized carbons (Fsp3) is 0.333. The molecule has 1 aliphatic rings. The van der Waals surface area contributed by atoms with E-state index in [-0.39, 0.29) is 6.42 Å². The van der Waals surface area contributed by atoms with Gasteiger partial charge in [0.15, 0.2) is 5.82 Å². The minimum atomic E-state index is -2.69. The van der Waals surface area contributed by atoms with Crippen molar-refractivity contribution in [3.8, 4) is 10.7 Å². The summed E-state index contributed by atoms with van der Waals surface area (Å²) in [7, 11) is 0. The smallest absolute Gasteiger partial charge is 0.267 e. The van der Waals surface area contributed by atoms with Gasteiger partial charge in [0.1, 0.15) is 5.82 Å². The summed E-state index contributed by atoms with van der Waals surface area (Å²) in [6.07, 6.45) is 0.925. The number of alkyl halides is 2. The topological polar surface area (TPSA) is 37.8 Å².